The first-order chi connectivity index (χ1) is 14.3. The highest BCUT2D eigenvalue weighted by Crippen LogP contribution is 2.30. The third kappa shape index (κ3) is 3.60. The number of hydrogen-bond acceptors (Lipinski definition) is 7. The number of nitrogens with one attached hydrogen (secondary N) is 3. The lowest BCUT2D eigenvalue weighted by atomic mass is 10.1. The molecular formula is C19H21N7O3S. The van der Waals surface area contributed by atoms with Gasteiger partial charge in [0.1, 0.15) is 16.3 Å². The Morgan fingerprint density at radius 3 is 2.60 bits per heavy atom. The number of imidazole rings is 1. The molecule has 0 aliphatic heterocycles. The van der Waals surface area contributed by atoms with Gasteiger partial charge in [-0.1, -0.05) is 0 Å². The largest absolute Gasteiger partial charge is 0.495 e. The van der Waals surface area contributed by atoms with Crippen LogP contribution in [0.15, 0.2) is 41.4 Å². The minimum atomic E-state index is -3.72. The second-order valence-electron chi connectivity index (χ2n) is 6.71. The molecule has 4 rings (SSSR count). The van der Waals surface area contributed by atoms with Gasteiger partial charge in [0.25, 0.3) is 0 Å². The number of sulfonamides is 1. The van der Waals surface area contributed by atoms with E-state index in [1.165, 1.54) is 20.2 Å². The standard InChI is InChI=1S/C19H21N7O3S/c1-11-7-17(25-24-11)23-19-22-14(9-18-21-12(2)10-26(18)19)13-5-6-15(29-4)16(8-13)30(27,28)20-3/h5-10,20H,1-4H3,(H2,22,23,24,25). The van der Waals surface area contributed by atoms with Crippen molar-refractivity contribution in [3.63, 3.8) is 0 Å². The third-order valence-corrected chi connectivity index (χ3v) is 5.97. The zero-order chi connectivity index (χ0) is 21.5. The van der Waals surface area contributed by atoms with Crippen LogP contribution < -0.4 is 14.8 Å². The average Bonchev–Trinajstić information content (AvgIpc) is 3.31. The minimum absolute atomic E-state index is 0.0311. The zero-order valence-corrected chi connectivity index (χ0v) is 17.7. The van der Waals surface area contributed by atoms with Gasteiger partial charge in [-0.3, -0.25) is 9.50 Å². The van der Waals surface area contributed by atoms with E-state index in [2.05, 4.69) is 25.2 Å². The van der Waals surface area contributed by atoms with Gasteiger partial charge in [0.2, 0.25) is 16.0 Å². The SMILES string of the molecule is CNS(=O)(=O)c1cc(-c2cc3nc(C)cn3c(Nc3cc(C)[nH]n3)n2)ccc1OC. The summed E-state index contributed by atoms with van der Waals surface area (Å²) in [4.78, 5) is 9.25. The molecule has 4 aromatic rings. The molecule has 1 aromatic carbocycles. The quantitative estimate of drug-likeness (QED) is 0.431. The molecule has 156 valence electrons. The fraction of sp³-hybridized carbons (Fsp3) is 0.211. The van der Waals surface area contributed by atoms with Crippen molar-refractivity contribution >= 4 is 27.4 Å². The normalized spacial score (nSPS) is 11.7. The van der Waals surface area contributed by atoms with Gasteiger partial charge >= 0.3 is 0 Å². The summed E-state index contributed by atoms with van der Waals surface area (Å²) in [5.41, 5.74) is 3.56. The van der Waals surface area contributed by atoms with Crippen LogP contribution >= 0.6 is 0 Å². The van der Waals surface area contributed by atoms with Gasteiger partial charge in [0.05, 0.1) is 18.5 Å². The molecule has 11 heteroatoms. The number of benzene rings is 1. The molecule has 0 atom stereocenters. The maximum atomic E-state index is 12.4. The summed E-state index contributed by atoms with van der Waals surface area (Å²) in [6.45, 7) is 3.79. The van der Waals surface area contributed by atoms with Gasteiger partial charge < -0.3 is 10.1 Å². The van der Waals surface area contributed by atoms with Crippen molar-refractivity contribution in [2.45, 2.75) is 18.7 Å². The Balaban J connectivity index is 1.88. The first-order valence-electron chi connectivity index (χ1n) is 9.08. The van der Waals surface area contributed by atoms with Crippen LogP contribution in [0, 0.1) is 13.8 Å². The summed E-state index contributed by atoms with van der Waals surface area (Å²) in [5, 5.41) is 10.3. The lowest BCUT2D eigenvalue weighted by Gasteiger charge is -2.12. The van der Waals surface area contributed by atoms with E-state index >= 15 is 0 Å². The van der Waals surface area contributed by atoms with Gasteiger partial charge in [0, 0.05) is 29.6 Å². The van der Waals surface area contributed by atoms with E-state index in [4.69, 9.17) is 9.72 Å². The number of anilines is 2. The number of rotatable bonds is 6. The maximum Gasteiger partial charge on any atom is 0.244 e. The van der Waals surface area contributed by atoms with Gasteiger partial charge in [-0.15, -0.1) is 0 Å². The molecule has 0 spiro atoms. The van der Waals surface area contributed by atoms with Crippen LogP contribution in [0.1, 0.15) is 11.4 Å². The van der Waals surface area contributed by atoms with E-state index in [0.717, 1.165) is 11.4 Å². The summed E-state index contributed by atoms with van der Waals surface area (Å²) in [7, 11) is -0.939. The van der Waals surface area contributed by atoms with Crippen LogP contribution in [0.4, 0.5) is 11.8 Å². The summed E-state index contributed by atoms with van der Waals surface area (Å²) in [5.74, 6) is 1.36. The van der Waals surface area contributed by atoms with Crippen molar-refractivity contribution in [1.82, 2.24) is 29.3 Å². The monoisotopic (exact) mass is 427 g/mol. The van der Waals surface area contributed by atoms with Crippen molar-refractivity contribution in [2.24, 2.45) is 0 Å². The Labute approximate surface area is 173 Å². The molecule has 10 nitrogen and oxygen atoms in total. The smallest absolute Gasteiger partial charge is 0.244 e. The number of hydrogen-bond donors (Lipinski definition) is 3. The van der Waals surface area contributed by atoms with Crippen LogP contribution in [-0.2, 0) is 10.0 Å². The molecule has 3 N–H and O–H groups in total. The summed E-state index contributed by atoms with van der Waals surface area (Å²) >= 11 is 0. The zero-order valence-electron chi connectivity index (χ0n) is 16.9. The fourth-order valence-electron chi connectivity index (χ4n) is 3.10. The van der Waals surface area contributed by atoms with Crippen LogP contribution in [0.3, 0.4) is 0 Å². The number of ether oxygens (including phenoxy) is 1. The number of aromatic nitrogens is 5. The molecule has 0 amide bonds. The van der Waals surface area contributed by atoms with Gasteiger partial charge in [-0.05, 0) is 39.1 Å². The predicted molar refractivity (Wildman–Crippen MR) is 113 cm³/mol. The maximum absolute atomic E-state index is 12.4. The number of H-pyrrole nitrogens is 1. The summed E-state index contributed by atoms with van der Waals surface area (Å²) < 4.78 is 34.2. The highest BCUT2D eigenvalue weighted by molar-refractivity contribution is 7.89. The Hall–Kier alpha value is -3.44. The van der Waals surface area contributed by atoms with Gasteiger partial charge in [0.15, 0.2) is 5.82 Å². The summed E-state index contributed by atoms with van der Waals surface area (Å²) in [6.07, 6.45) is 1.86. The van der Waals surface area contributed by atoms with E-state index in [1.807, 2.05) is 30.5 Å². The first-order valence-corrected chi connectivity index (χ1v) is 10.6. The Morgan fingerprint density at radius 2 is 1.93 bits per heavy atom. The fourth-order valence-corrected chi connectivity index (χ4v) is 4.02. The second-order valence-corrected chi connectivity index (χ2v) is 8.56. The lowest BCUT2D eigenvalue weighted by Crippen LogP contribution is -2.19. The Morgan fingerprint density at radius 1 is 1.13 bits per heavy atom. The first kappa shape index (κ1) is 19.9. The number of aromatic amines is 1. The van der Waals surface area contributed by atoms with Gasteiger partial charge in [-0.25, -0.2) is 23.1 Å². The highest BCUT2D eigenvalue weighted by atomic mass is 32.2. The third-order valence-electron chi connectivity index (χ3n) is 4.54. The number of fused-ring (bicyclic) bond motifs is 1. The molecule has 3 heterocycles. The Kier molecular flexibility index (Phi) is 4.92. The van der Waals surface area contributed by atoms with Crippen molar-refractivity contribution < 1.29 is 13.2 Å². The van der Waals surface area contributed by atoms with Crippen LogP contribution in [-0.4, -0.2) is 47.1 Å². The van der Waals surface area contributed by atoms with E-state index in [0.29, 0.717) is 28.7 Å². The molecule has 30 heavy (non-hydrogen) atoms. The molecule has 3 aromatic heterocycles. The predicted octanol–water partition coefficient (Wildman–Crippen LogP) is 2.40. The molecule has 0 fully saturated rings. The van der Waals surface area contributed by atoms with Crippen LogP contribution in [0.25, 0.3) is 16.9 Å². The van der Waals surface area contributed by atoms with E-state index in [9.17, 15) is 8.42 Å². The number of nitrogens with zero attached hydrogens (tertiary/aromatic N) is 4. The minimum Gasteiger partial charge on any atom is -0.495 e. The van der Waals surface area contributed by atoms with Crippen LogP contribution in [0.2, 0.25) is 0 Å². The van der Waals surface area contributed by atoms with E-state index in [1.54, 1.807) is 18.2 Å². The molecule has 0 radical (unpaired) electrons. The lowest BCUT2D eigenvalue weighted by molar-refractivity contribution is 0.402. The number of aryl methyl sites for hydroxylation is 2. The average molecular weight is 427 g/mol. The molecular weight excluding hydrogens is 406 g/mol. The molecule has 0 saturated carbocycles. The van der Waals surface area contributed by atoms with Crippen molar-refractivity contribution in [2.75, 3.05) is 19.5 Å². The summed E-state index contributed by atoms with van der Waals surface area (Å²) in [6, 6.07) is 8.54. The second kappa shape index (κ2) is 7.43. The molecule has 0 saturated heterocycles. The number of methoxy groups -OCH3 is 1. The molecule has 0 unspecified atom stereocenters. The molecule has 0 aliphatic carbocycles. The highest BCUT2D eigenvalue weighted by Gasteiger charge is 2.20. The molecule has 0 aliphatic rings. The van der Waals surface area contributed by atoms with Gasteiger partial charge in [-0.2, -0.15) is 5.10 Å². The van der Waals surface area contributed by atoms with Crippen molar-refractivity contribution in [3.05, 3.63) is 47.9 Å². The van der Waals surface area contributed by atoms with Crippen LogP contribution in [0.5, 0.6) is 5.75 Å². The topological polar surface area (TPSA) is 126 Å². The van der Waals surface area contributed by atoms with E-state index in [-0.39, 0.29) is 10.6 Å². The van der Waals surface area contributed by atoms with Crippen molar-refractivity contribution in [1.29, 1.82) is 0 Å². The Bertz CT molecular complexity index is 1340. The van der Waals surface area contributed by atoms with Crippen molar-refractivity contribution in [3.8, 4) is 17.0 Å². The molecule has 0 bridgehead atoms. The van der Waals surface area contributed by atoms with E-state index < -0.39 is 10.0 Å².